The number of piperidine rings is 1. The topological polar surface area (TPSA) is 79.8 Å². The summed E-state index contributed by atoms with van der Waals surface area (Å²) in [5.41, 5.74) is 0.832. The molecule has 0 radical (unpaired) electrons. The van der Waals surface area contributed by atoms with Crippen LogP contribution in [-0.2, 0) is 19.6 Å². The van der Waals surface area contributed by atoms with Crippen LogP contribution in [0.1, 0.15) is 25.7 Å². The Labute approximate surface area is 216 Å². The summed E-state index contributed by atoms with van der Waals surface area (Å²) in [7, 11) is -3.73. The van der Waals surface area contributed by atoms with Crippen LogP contribution in [0.3, 0.4) is 0 Å². The largest absolute Gasteiger partial charge is 0.376 e. The summed E-state index contributed by atoms with van der Waals surface area (Å²) in [6.45, 7) is 1.60. The first kappa shape index (κ1) is 24.8. The van der Waals surface area contributed by atoms with Gasteiger partial charge in [0.15, 0.2) is 5.13 Å². The lowest BCUT2D eigenvalue weighted by molar-refractivity contribution is -0.123. The number of hydrogen-bond donors (Lipinski definition) is 0. The number of aromatic nitrogens is 1. The van der Waals surface area contributed by atoms with E-state index in [1.807, 2.05) is 18.2 Å². The second-order valence-corrected chi connectivity index (χ2v) is 12.7. The van der Waals surface area contributed by atoms with E-state index in [2.05, 4.69) is 15.9 Å². The van der Waals surface area contributed by atoms with E-state index in [9.17, 15) is 17.6 Å². The lowest BCUT2D eigenvalue weighted by Crippen LogP contribution is -2.46. The van der Waals surface area contributed by atoms with E-state index in [4.69, 9.17) is 9.72 Å². The Hall–Kier alpha value is -1.92. The molecule has 1 atom stereocenters. The van der Waals surface area contributed by atoms with Gasteiger partial charge in [-0.2, -0.15) is 4.31 Å². The van der Waals surface area contributed by atoms with Crippen LogP contribution in [0.5, 0.6) is 0 Å². The Morgan fingerprint density at radius 1 is 1.17 bits per heavy atom. The fourth-order valence-electron chi connectivity index (χ4n) is 4.58. The zero-order valence-corrected chi connectivity index (χ0v) is 22.1. The fraction of sp³-hybridized carbons (Fsp3) is 0.417. The Kier molecular flexibility index (Phi) is 7.23. The summed E-state index contributed by atoms with van der Waals surface area (Å²) in [5, 5.41) is 0.639. The van der Waals surface area contributed by atoms with Gasteiger partial charge in [-0.05, 0) is 68.1 Å². The van der Waals surface area contributed by atoms with Crippen molar-refractivity contribution >= 4 is 58.5 Å². The second-order valence-electron chi connectivity index (χ2n) is 8.82. The van der Waals surface area contributed by atoms with Crippen molar-refractivity contribution in [1.29, 1.82) is 0 Å². The summed E-state index contributed by atoms with van der Waals surface area (Å²) >= 11 is 4.96. The van der Waals surface area contributed by atoms with E-state index < -0.39 is 15.8 Å². The van der Waals surface area contributed by atoms with E-state index in [0.717, 1.165) is 39.7 Å². The highest BCUT2D eigenvalue weighted by Crippen LogP contribution is 2.34. The van der Waals surface area contributed by atoms with Gasteiger partial charge < -0.3 is 4.74 Å². The molecular formula is C24H25BrFN3O4S2. The molecule has 35 heavy (non-hydrogen) atoms. The van der Waals surface area contributed by atoms with Crippen molar-refractivity contribution in [2.45, 2.75) is 36.7 Å². The summed E-state index contributed by atoms with van der Waals surface area (Å²) < 4.78 is 48.3. The Bertz CT molecular complexity index is 1320. The summed E-state index contributed by atoms with van der Waals surface area (Å²) in [4.78, 5) is 20.2. The number of sulfonamides is 1. The quantitative estimate of drug-likeness (QED) is 0.417. The first-order valence-electron chi connectivity index (χ1n) is 11.6. The highest BCUT2D eigenvalue weighted by atomic mass is 79.9. The van der Waals surface area contributed by atoms with Crippen molar-refractivity contribution < 1.29 is 22.3 Å². The van der Waals surface area contributed by atoms with E-state index in [-0.39, 0.29) is 35.9 Å². The first-order valence-corrected chi connectivity index (χ1v) is 14.6. The number of amides is 1. The number of rotatable bonds is 6. The fourth-order valence-corrected chi connectivity index (χ4v) is 7.58. The number of anilines is 1. The number of halogens is 2. The maximum atomic E-state index is 13.7. The van der Waals surface area contributed by atoms with Gasteiger partial charge in [-0.15, -0.1) is 0 Å². The molecule has 2 saturated heterocycles. The number of hydrogen-bond acceptors (Lipinski definition) is 6. The molecule has 3 aromatic rings. The maximum absolute atomic E-state index is 13.7. The van der Waals surface area contributed by atoms with Crippen molar-refractivity contribution in [2.75, 3.05) is 31.1 Å². The molecule has 0 saturated carbocycles. The molecule has 11 heteroatoms. The lowest BCUT2D eigenvalue weighted by Gasteiger charge is -2.33. The number of nitrogens with zero attached hydrogens (tertiary/aromatic N) is 3. The molecule has 186 valence electrons. The van der Waals surface area contributed by atoms with Crippen LogP contribution in [0, 0.1) is 11.7 Å². The predicted molar refractivity (Wildman–Crippen MR) is 137 cm³/mol. The van der Waals surface area contributed by atoms with Gasteiger partial charge in [0.05, 0.1) is 27.8 Å². The highest BCUT2D eigenvalue weighted by molar-refractivity contribution is 9.10. The molecule has 2 fully saturated rings. The van der Waals surface area contributed by atoms with Crippen LogP contribution in [0.2, 0.25) is 0 Å². The molecule has 7 nitrogen and oxygen atoms in total. The van der Waals surface area contributed by atoms with Crippen molar-refractivity contribution in [3.05, 3.63) is 52.8 Å². The normalized spacial score (nSPS) is 19.9. The maximum Gasteiger partial charge on any atom is 0.243 e. The molecule has 3 heterocycles. The van der Waals surface area contributed by atoms with Gasteiger partial charge in [0.25, 0.3) is 0 Å². The van der Waals surface area contributed by atoms with Gasteiger partial charge in [-0.25, -0.2) is 17.8 Å². The minimum atomic E-state index is -3.73. The van der Waals surface area contributed by atoms with Crippen LogP contribution in [-0.4, -0.2) is 56.0 Å². The van der Waals surface area contributed by atoms with Crippen LogP contribution in [0.25, 0.3) is 10.2 Å². The number of benzene rings is 2. The molecule has 2 aliphatic heterocycles. The average Bonchev–Trinajstić information content (AvgIpc) is 3.52. The molecule has 2 aromatic carbocycles. The lowest BCUT2D eigenvalue weighted by atomic mass is 9.96. The van der Waals surface area contributed by atoms with E-state index >= 15 is 0 Å². The van der Waals surface area contributed by atoms with Gasteiger partial charge in [-0.1, -0.05) is 27.3 Å². The summed E-state index contributed by atoms with van der Waals surface area (Å²) in [6.07, 6.45) is 2.67. The Morgan fingerprint density at radius 2 is 1.91 bits per heavy atom. The van der Waals surface area contributed by atoms with Crippen molar-refractivity contribution in [2.24, 2.45) is 5.92 Å². The zero-order chi connectivity index (χ0) is 24.6. The third kappa shape index (κ3) is 5.29. The van der Waals surface area contributed by atoms with Crippen LogP contribution >= 0.6 is 27.3 Å². The molecular weight excluding hydrogens is 557 g/mol. The average molecular weight is 583 g/mol. The molecule has 1 amide bonds. The van der Waals surface area contributed by atoms with Gasteiger partial charge in [0, 0.05) is 30.1 Å². The van der Waals surface area contributed by atoms with Gasteiger partial charge >= 0.3 is 0 Å². The van der Waals surface area contributed by atoms with Crippen molar-refractivity contribution in [3.8, 4) is 0 Å². The Morgan fingerprint density at radius 3 is 2.60 bits per heavy atom. The number of fused-ring (bicyclic) bond motifs is 1. The molecule has 0 aliphatic carbocycles. The van der Waals surface area contributed by atoms with Gasteiger partial charge in [-0.3, -0.25) is 9.69 Å². The number of thiazole rings is 1. The number of carbonyl (C=O) groups excluding carboxylic acids is 1. The smallest absolute Gasteiger partial charge is 0.243 e. The summed E-state index contributed by atoms with van der Waals surface area (Å²) in [6, 6.07) is 10.7. The van der Waals surface area contributed by atoms with Crippen molar-refractivity contribution in [1.82, 2.24) is 9.29 Å². The number of carbonyl (C=O) groups is 1. The third-order valence-electron chi connectivity index (χ3n) is 6.50. The molecule has 1 unspecified atom stereocenters. The molecule has 5 rings (SSSR count). The minimum Gasteiger partial charge on any atom is -0.376 e. The van der Waals surface area contributed by atoms with Crippen molar-refractivity contribution in [3.63, 3.8) is 0 Å². The monoisotopic (exact) mass is 581 g/mol. The predicted octanol–water partition coefficient (Wildman–Crippen LogP) is 4.81. The van der Waals surface area contributed by atoms with Gasteiger partial charge in [0.2, 0.25) is 15.9 Å². The van der Waals surface area contributed by atoms with E-state index in [0.29, 0.717) is 31.1 Å². The summed E-state index contributed by atoms with van der Waals surface area (Å²) in [5.74, 6) is -0.839. The molecule has 0 N–H and O–H groups in total. The molecule has 0 bridgehead atoms. The zero-order valence-electron chi connectivity index (χ0n) is 18.9. The minimum absolute atomic E-state index is 0.0309. The van der Waals surface area contributed by atoms with Gasteiger partial charge in [0.1, 0.15) is 5.82 Å². The second kappa shape index (κ2) is 10.2. The first-order chi connectivity index (χ1) is 16.8. The number of ether oxygens (including phenoxy) is 1. The van der Waals surface area contributed by atoms with E-state index in [1.165, 1.54) is 27.8 Å². The SMILES string of the molecule is O=C(C1CCN(S(=O)(=O)c2ccc(F)cc2)CC1)N(CC1CCCO1)c1nc2ccc(Br)cc2s1. The van der Waals surface area contributed by atoms with E-state index in [1.54, 1.807) is 4.90 Å². The standard InChI is InChI=1S/C24H25BrFN3O4S2/c25-17-3-8-21-22(14-17)34-24(27-21)29(15-19-2-1-13-33-19)23(30)16-9-11-28(12-10-16)35(31,32)20-6-4-18(26)5-7-20/h3-8,14,16,19H,1-2,9-13,15H2. The highest BCUT2D eigenvalue weighted by Gasteiger charge is 2.36. The Balaban J connectivity index is 1.33. The third-order valence-corrected chi connectivity index (χ3v) is 9.95. The molecule has 2 aliphatic rings. The molecule has 0 spiro atoms. The van der Waals surface area contributed by atoms with Crippen LogP contribution in [0.15, 0.2) is 51.8 Å². The van der Waals surface area contributed by atoms with Crippen LogP contribution < -0.4 is 4.90 Å². The van der Waals surface area contributed by atoms with Crippen LogP contribution in [0.4, 0.5) is 9.52 Å². The molecule has 1 aromatic heterocycles.